The molecular formula is C16H15ClN2O2. The van der Waals surface area contributed by atoms with Crippen LogP contribution in [0.1, 0.15) is 21.5 Å². The monoisotopic (exact) mass is 302 g/mol. The predicted octanol–water partition coefficient (Wildman–Crippen LogP) is 2.47. The molecule has 1 heterocycles. The van der Waals surface area contributed by atoms with E-state index in [2.05, 4.69) is 0 Å². The standard InChI is InChI=1S/C16H15ClN2O2/c1-18(2)19-15(20)13-5-3-4-6-14(13)16(19,21)11-7-9-12(17)10-8-11/h3-10,21H,1-2H3. The number of nitrogens with zero attached hydrogens (tertiary/aromatic N) is 2. The van der Waals surface area contributed by atoms with E-state index in [0.717, 1.165) is 0 Å². The Labute approximate surface area is 128 Å². The number of halogens is 1. The van der Waals surface area contributed by atoms with Crippen molar-refractivity contribution in [3.05, 3.63) is 70.2 Å². The van der Waals surface area contributed by atoms with Crippen LogP contribution in [0.3, 0.4) is 0 Å². The van der Waals surface area contributed by atoms with Crippen molar-refractivity contribution in [3.8, 4) is 0 Å². The first-order chi connectivity index (χ1) is 9.96. The highest BCUT2D eigenvalue weighted by Gasteiger charge is 2.51. The molecule has 0 fully saturated rings. The fraction of sp³-hybridized carbons (Fsp3) is 0.188. The molecule has 3 rings (SSSR count). The molecule has 0 radical (unpaired) electrons. The number of fused-ring (bicyclic) bond motifs is 1. The summed E-state index contributed by atoms with van der Waals surface area (Å²) in [6.07, 6.45) is 0. The van der Waals surface area contributed by atoms with Crippen molar-refractivity contribution in [3.63, 3.8) is 0 Å². The number of aliphatic hydroxyl groups is 1. The molecule has 0 bridgehead atoms. The molecule has 0 aromatic heterocycles. The Bertz CT molecular complexity index is 700. The number of rotatable bonds is 2. The molecule has 108 valence electrons. The molecule has 0 saturated carbocycles. The van der Waals surface area contributed by atoms with Gasteiger partial charge in [0.05, 0.1) is 0 Å². The van der Waals surface area contributed by atoms with Gasteiger partial charge in [0.1, 0.15) is 0 Å². The van der Waals surface area contributed by atoms with Gasteiger partial charge in [-0.1, -0.05) is 41.9 Å². The van der Waals surface area contributed by atoms with Crippen LogP contribution in [0.4, 0.5) is 0 Å². The molecule has 4 nitrogen and oxygen atoms in total. The van der Waals surface area contributed by atoms with E-state index in [0.29, 0.717) is 21.7 Å². The van der Waals surface area contributed by atoms with Crippen molar-refractivity contribution in [2.75, 3.05) is 14.1 Å². The fourth-order valence-electron chi connectivity index (χ4n) is 2.78. The minimum absolute atomic E-state index is 0.229. The van der Waals surface area contributed by atoms with Crippen molar-refractivity contribution >= 4 is 17.5 Å². The summed E-state index contributed by atoms with van der Waals surface area (Å²) in [5.74, 6) is -0.229. The summed E-state index contributed by atoms with van der Waals surface area (Å²) in [5, 5.41) is 14.8. The Kier molecular flexibility index (Phi) is 3.24. The van der Waals surface area contributed by atoms with Gasteiger partial charge in [0.25, 0.3) is 5.91 Å². The maximum atomic E-state index is 12.6. The van der Waals surface area contributed by atoms with E-state index >= 15 is 0 Å². The van der Waals surface area contributed by atoms with E-state index in [1.807, 2.05) is 6.07 Å². The number of benzene rings is 2. The van der Waals surface area contributed by atoms with Crippen LogP contribution in [0.25, 0.3) is 0 Å². The summed E-state index contributed by atoms with van der Waals surface area (Å²) < 4.78 is 0. The SMILES string of the molecule is CN(C)N1C(=O)c2ccccc2C1(O)c1ccc(Cl)cc1. The normalized spacial score (nSPS) is 21.0. The third-order valence-electron chi connectivity index (χ3n) is 3.68. The quantitative estimate of drug-likeness (QED) is 0.927. The molecule has 1 aliphatic heterocycles. The smallest absolute Gasteiger partial charge is 0.271 e. The molecule has 1 aliphatic rings. The molecule has 1 atom stereocenters. The third-order valence-corrected chi connectivity index (χ3v) is 3.93. The molecule has 0 saturated heterocycles. The van der Waals surface area contributed by atoms with Gasteiger partial charge in [0.15, 0.2) is 0 Å². The summed E-state index contributed by atoms with van der Waals surface area (Å²) in [4.78, 5) is 12.6. The number of carbonyl (C=O) groups is 1. The van der Waals surface area contributed by atoms with Gasteiger partial charge >= 0.3 is 0 Å². The second kappa shape index (κ2) is 4.84. The number of hydrazine groups is 1. The number of hydrogen-bond donors (Lipinski definition) is 1. The van der Waals surface area contributed by atoms with Crippen LogP contribution in [0.15, 0.2) is 48.5 Å². The zero-order valence-electron chi connectivity index (χ0n) is 11.7. The lowest BCUT2D eigenvalue weighted by atomic mass is 9.94. The van der Waals surface area contributed by atoms with Crippen LogP contribution < -0.4 is 0 Å². The van der Waals surface area contributed by atoms with E-state index in [1.165, 1.54) is 5.01 Å². The first-order valence-electron chi connectivity index (χ1n) is 6.56. The topological polar surface area (TPSA) is 43.8 Å². The fourth-order valence-corrected chi connectivity index (χ4v) is 2.91. The summed E-state index contributed by atoms with van der Waals surface area (Å²) in [5.41, 5.74) is 0.149. The molecule has 0 spiro atoms. The lowest BCUT2D eigenvalue weighted by Crippen LogP contribution is -2.51. The summed E-state index contributed by atoms with van der Waals surface area (Å²) in [7, 11) is 3.45. The highest BCUT2D eigenvalue weighted by molar-refractivity contribution is 6.30. The Balaban J connectivity index is 2.26. The van der Waals surface area contributed by atoms with Crippen LogP contribution >= 0.6 is 11.6 Å². The van der Waals surface area contributed by atoms with Crippen molar-refractivity contribution in [2.45, 2.75) is 5.72 Å². The van der Waals surface area contributed by atoms with E-state index < -0.39 is 5.72 Å². The van der Waals surface area contributed by atoms with Crippen molar-refractivity contribution < 1.29 is 9.90 Å². The minimum atomic E-state index is -1.53. The molecule has 1 unspecified atom stereocenters. The van der Waals surface area contributed by atoms with Gasteiger partial charge in [-0.05, 0) is 18.2 Å². The van der Waals surface area contributed by atoms with Gasteiger partial charge in [-0.25, -0.2) is 10.0 Å². The summed E-state index contributed by atoms with van der Waals surface area (Å²) >= 11 is 5.92. The minimum Gasteiger partial charge on any atom is -0.362 e. The number of hydrogen-bond acceptors (Lipinski definition) is 3. The van der Waals surface area contributed by atoms with Crippen molar-refractivity contribution in [1.82, 2.24) is 10.0 Å². The molecule has 2 aromatic rings. The van der Waals surface area contributed by atoms with Gasteiger partial charge in [-0.15, -0.1) is 0 Å². The average Bonchev–Trinajstić information content (AvgIpc) is 2.70. The van der Waals surface area contributed by atoms with E-state index in [1.54, 1.807) is 61.6 Å². The molecule has 1 N–H and O–H groups in total. The summed E-state index contributed by atoms with van der Waals surface area (Å²) in [6, 6.07) is 14.0. The van der Waals surface area contributed by atoms with Gasteiger partial charge in [-0.3, -0.25) is 4.79 Å². The second-order valence-electron chi connectivity index (χ2n) is 5.19. The van der Waals surface area contributed by atoms with Crippen LogP contribution in [0.2, 0.25) is 5.02 Å². The van der Waals surface area contributed by atoms with Crippen LogP contribution in [0, 0.1) is 0 Å². The van der Waals surface area contributed by atoms with Gasteiger partial charge < -0.3 is 5.11 Å². The third kappa shape index (κ3) is 1.95. The van der Waals surface area contributed by atoms with Crippen molar-refractivity contribution in [2.24, 2.45) is 0 Å². The maximum absolute atomic E-state index is 12.6. The predicted molar refractivity (Wildman–Crippen MR) is 80.7 cm³/mol. The zero-order valence-corrected chi connectivity index (χ0v) is 12.5. The average molecular weight is 303 g/mol. The second-order valence-corrected chi connectivity index (χ2v) is 5.63. The Hall–Kier alpha value is -1.88. The van der Waals surface area contributed by atoms with E-state index in [9.17, 15) is 9.90 Å². The van der Waals surface area contributed by atoms with Crippen LogP contribution in [-0.2, 0) is 5.72 Å². The molecule has 1 amide bonds. The maximum Gasteiger partial charge on any atom is 0.271 e. The highest BCUT2D eigenvalue weighted by Crippen LogP contribution is 2.42. The van der Waals surface area contributed by atoms with Gasteiger partial charge in [-0.2, -0.15) is 0 Å². The number of carbonyl (C=O) groups excluding carboxylic acids is 1. The first kappa shape index (κ1) is 14.1. The Morgan fingerprint density at radius 2 is 1.71 bits per heavy atom. The molecule has 21 heavy (non-hydrogen) atoms. The van der Waals surface area contributed by atoms with Crippen LogP contribution in [-0.4, -0.2) is 35.1 Å². The lowest BCUT2D eigenvalue weighted by Gasteiger charge is -2.38. The Morgan fingerprint density at radius 3 is 2.33 bits per heavy atom. The van der Waals surface area contributed by atoms with Crippen molar-refractivity contribution in [1.29, 1.82) is 0 Å². The van der Waals surface area contributed by atoms with Crippen LogP contribution in [0.5, 0.6) is 0 Å². The highest BCUT2D eigenvalue weighted by atomic mass is 35.5. The first-order valence-corrected chi connectivity index (χ1v) is 6.94. The lowest BCUT2D eigenvalue weighted by molar-refractivity contribution is -0.136. The van der Waals surface area contributed by atoms with Gasteiger partial charge in [0.2, 0.25) is 5.72 Å². The molecule has 2 aromatic carbocycles. The zero-order chi connectivity index (χ0) is 15.2. The summed E-state index contributed by atoms with van der Waals surface area (Å²) in [6.45, 7) is 0. The molecule has 0 aliphatic carbocycles. The number of amides is 1. The van der Waals surface area contributed by atoms with E-state index in [-0.39, 0.29) is 5.91 Å². The molecule has 5 heteroatoms. The van der Waals surface area contributed by atoms with E-state index in [4.69, 9.17) is 11.6 Å². The Morgan fingerprint density at radius 1 is 1.10 bits per heavy atom. The molecular weight excluding hydrogens is 288 g/mol. The largest absolute Gasteiger partial charge is 0.362 e. The van der Waals surface area contributed by atoms with Gasteiger partial charge in [0, 0.05) is 35.8 Å².